The Bertz CT molecular complexity index is 621. The third-order valence-electron chi connectivity index (χ3n) is 3.31. The molecule has 5 nitrogen and oxygen atoms in total. The van der Waals surface area contributed by atoms with E-state index in [9.17, 15) is 4.79 Å². The van der Waals surface area contributed by atoms with Crippen LogP contribution in [0.5, 0.6) is 0 Å². The van der Waals surface area contributed by atoms with Gasteiger partial charge in [-0.05, 0) is 27.2 Å². The molecular weight excluding hydrogens is 272 g/mol. The molecule has 2 N–H and O–H groups in total. The van der Waals surface area contributed by atoms with E-state index in [2.05, 4.69) is 27.2 Å². The predicted molar refractivity (Wildman–Crippen MR) is 81.0 cm³/mol. The minimum atomic E-state index is -0.0688. The number of nitrogens with one attached hydrogen (secondary N) is 2. The number of hydrogen-bond donors (Lipinski definition) is 2. The van der Waals surface area contributed by atoms with Gasteiger partial charge in [0.15, 0.2) is 0 Å². The van der Waals surface area contributed by atoms with E-state index in [1.165, 1.54) is 0 Å². The Kier molecular flexibility index (Phi) is 4.67. The lowest BCUT2D eigenvalue weighted by Crippen LogP contribution is -2.30. The maximum atomic E-state index is 12.1. The molecule has 0 aliphatic carbocycles. The van der Waals surface area contributed by atoms with Gasteiger partial charge in [-0.25, -0.2) is 9.97 Å². The number of rotatable bonds is 5. The first-order valence-corrected chi connectivity index (χ1v) is 7.63. The molecule has 2 rings (SSSR count). The largest absolute Gasteiger partial charge is 0.310 e. The van der Waals surface area contributed by atoms with E-state index < -0.39 is 0 Å². The van der Waals surface area contributed by atoms with Crippen molar-refractivity contribution in [3.63, 3.8) is 0 Å². The average Bonchev–Trinajstić information content (AvgIpc) is 2.88. The molecule has 0 aliphatic heterocycles. The summed E-state index contributed by atoms with van der Waals surface area (Å²) in [7, 11) is 0. The van der Waals surface area contributed by atoms with Crippen LogP contribution in [0.2, 0.25) is 0 Å². The third kappa shape index (κ3) is 3.13. The van der Waals surface area contributed by atoms with Gasteiger partial charge in [0.25, 0.3) is 5.56 Å². The fraction of sp³-hybridized carbons (Fsp3) is 0.500. The first-order valence-electron chi connectivity index (χ1n) is 6.75. The normalized spacial score (nSPS) is 14.2. The van der Waals surface area contributed by atoms with E-state index in [0.717, 1.165) is 17.1 Å². The molecule has 0 saturated heterocycles. The molecule has 108 valence electrons. The Balaban J connectivity index is 2.24. The fourth-order valence-electron chi connectivity index (χ4n) is 2.40. The summed E-state index contributed by atoms with van der Waals surface area (Å²) >= 11 is 1.63. The van der Waals surface area contributed by atoms with E-state index in [1.54, 1.807) is 24.5 Å². The quantitative estimate of drug-likeness (QED) is 0.888. The van der Waals surface area contributed by atoms with Crippen molar-refractivity contribution in [1.29, 1.82) is 0 Å². The summed E-state index contributed by atoms with van der Waals surface area (Å²) in [6.07, 6.45) is 2.73. The minimum Gasteiger partial charge on any atom is -0.310 e. The van der Waals surface area contributed by atoms with E-state index in [4.69, 9.17) is 0 Å². The van der Waals surface area contributed by atoms with Crippen LogP contribution >= 0.6 is 11.3 Å². The lowest BCUT2D eigenvalue weighted by molar-refractivity contribution is 0.450. The molecule has 0 bridgehead atoms. The topological polar surface area (TPSA) is 70.7 Å². The van der Waals surface area contributed by atoms with Gasteiger partial charge in [-0.2, -0.15) is 0 Å². The summed E-state index contributed by atoms with van der Waals surface area (Å²) in [6.45, 7) is 7.77. The molecular formula is C14H20N4OS. The van der Waals surface area contributed by atoms with Crippen molar-refractivity contribution in [3.05, 3.63) is 44.0 Å². The molecule has 2 aromatic rings. The van der Waals surface area contributed by atoms with Gasteiger partial charge in [0.05, 0.1) is 11.6 Å². The lowest BCUT2D eigenvalue weighted by atomic mass is 10.1. The fourth-order valence-corrected chi connectivity index (χ4v) is 3.18. The average molecular weight is 292 g/mol. The Labute approximate surface area is 122 Å². The molecule has 20 heavy (non-hydrogen) atoms. The molecule has 0 radical (unpaired) electrons. The highest BCUT2D eigenvalue weighted by atomic mass is 32.1. The number of thiazole rings is 1. The molecule has 0 aliphatic rings. The highest BCUT2D eigenvalue weighted by Gasteiger charge is 2.19. The van der Waals surface area contributed by atoms with Crippen LogP contribution in [-0.4, -0.2) is 15.0 Å². The number of aryl methyl sites for hydroxylation is 2. The summed E-state index contributed by atoms with van der Waals surface area (Å²) in [5.74, 6) is 0.649. The van der Waals surface area contributed by atoms with Crippen molar-refractivity contribution >= 4 is 11.3 Å². The second kappa shape index (κ2) is 6.28. The molecule has 0 spiro atoms. The Morgan fingerprint density at radius 2 is 2.20 bits per heavy atom. The summed E-state index contributed by atoms with van der Waals surface area (Å²) in [5.41, 5.74) is 1.41. The zero-order valence-corrected chi connectivity index (χ0v) is 13.0. The second-order valence-electron chi connectivity index (χ2n) is 4.87. The van der Waals surface area contributed by atoms with Crippen LogP contribution < -0.4 is 10.9 Å². The smallest absolute Gasteiger partial charge is 0.255 e. The number of hydrogen-bond acceptors (Lipinski definition) is 5. The molecule has 2 atom stereocenters. The van der Waals surface area contributed by atoms with Crippen LogP contribution in [0.1, 0.15) is 54.4 Å². The lowest BCUT2D eigenvalue weighted by Gasteiger charge is -2.21. The zero-order chi connectivity index (χ0) is 14.7. The Morgan fingerprint density at radius 3 is 2.75 bits per heavy atom. The second-order valence-corrected chi connectivity index (χ2v) is 5.80. The van der Waals surface area contributed by atoms with Crippen molar-refractivity contribution in [2.24, 2.45) is 0 Å². The highest BCUT2D eigenvalue weighted by molar-refractivity contribution is 7.09. The monoisotopic (exact) mass is 292 g/mol. The maximum Gasteiger partial charge on any atom is 0.255 e. The molecule has 0 aromatic carbocycles. The number of H-pyrrole nitrogens is 1. The van der Waals surface area contributed by atoms with E-state index >= 15 is 0 Å². The molecule has 0 saturated carbocycles. The summed E-state index contributed by atoms with van der Waals surface area (Å²) < 4.78 is 0. The summed E-state index contributed by atoms with van der Waals surface area (Å²) in [5, 5.41) is 6.49. The zero-order valence-electron chi connectivity index (χ0n) is 12.2. The van der Waals surface area contributed by atoms with Gasteiger partial charge >= 0.3 is 0 Å². The summed E-state index contributed by atoms with van der Waals surface area (Å²) in [4.78, 5) is 23.6. The van der Waals surface area contributed by atoms with Crippen LogP contribution in [0.3, 0.4) is 0 Å². The van der Waals surface area contributed by atoms with Crippen molar-refractivity contribution in [3.8, 4) is 0 Å². The number of aromatic nitrogens is 3. The maximum absolute atomic E-state index is 12.1. The van der Waals surface area contributed by atoms with Crippen LogP contribution in [0.4, 0.5) is 0 Å². The highest BCUT2D eigenvalue weighted by Crippen LogP contribution is 2.23. The van der Waals surface area contributed by atoms with Crippen LogP contribution in [-0.2, 0) is 0 Å². The number of nitrogens with zero attached hydrogens (tertiary/aromatic N) is 2. The van der Waals surface area contributed by atoms with Crippen molar-refractivity contribution < 1.29 is 0 Å². The first kappa shape index (κ1) is 14.9. The van der Waals surface area contributed by atoms with E-state index in [1.807, 2.05) is 19.2 Å². The molecule has 6 heteroatoms. The number of aromatic amines is 1. The molecule has 2 unspecified atom stereocenters. The van der Waals surface area contributed by atoms with Gasteiger partial charge in [-0.1, -0.05) is 6.92 Å². The Hall–Kier alpha value is -1.53. The van der Waals surface area contributed by atoms with Gasteiger partial charge in [-0.3, -0.25) is 4.79 Å². The van der Waals surface area contributed by atoms with E-state index in [-0.39, 0.29) is 17.6 Å². The van der Waals surface area contributed by atoms with Gasteiger partial charge in [0.2, 0.25) is 0 Å². The van der Waals surface area contributed by atoms with Gasteiger partial charge < -0.3 is 10.3 Å². The van der Waals surface area contributed by atoms with Crippen molar-refractivity contribution in [2.45, 2.75) is 46.2 Å². The first-order chi connectivity index (χ1) is 9.52. The molecule has 2 heterocycles. The molecule has 2 aromatic heterocycles. The molecule has 0 fully saturated rings. The minimum absolute atomic E-state index is 0.0657. The Morgan fingerprint density at radius 1 is 1.45 bits per heavy atom. The summed E-state index contributed by atoms with van der Waals surface area (Å²) in [6, 6.07) is 0.0887. The van der Waals surface area contributed by atoms with Gasteiger partial charge in [0.1, 0.15) is 10.8 Å². The SMILES string of the molecule is CCC(NC(C)c1c(C)nc(C)[nH]c1=O)c1nccs1. The van der Waals surface area contributed by atoms with Crippen LogP contribution in [0.25, 0.3) is 0 Å². The van der Waals surface area contributed by atoms with Crippen molar-refractivity contribution in [2.75, 3.05) is 0 Å². The predicted octanol–water partition coefficient (Wildman–Crippen LogP) is 2.65. The molecule has 0 amide bonds. The van der Waals surface area contributed by atoms with Crippen LogP contribution in [0, 0.1) is 13.8 Å². The van der Waals surface area contributed by atoms with Crippen LogP contribution in [0.15, 0.2) is 16.4 Å². The van der Waals surface area contributed by atoms with Gasteiger partial charge in [0, 0.05) is 23.3 Å². The third-order valence-corrected chi connectivity index (χ3v) is 4.20. The standard InChI is InChI=1S/C14H20N4OS/c1-5-11(14-15-6-7-20-14)17-9(3)12-8(2)16-10(4)18-13(12)19/h6-7,9,11,17H,5H2,1-4H3,(H,16,18,19). The van der Waals surface area contributed by atoms with Gasteiger partial charge in [-0.15, -0.1) is 11.3 Å². The van der Waals surface area contributed by atoms with E-state index in [0.29, 0.717) is 11.4 Å². The van der Waals surface area contributed by atoms with Crippen molar-refractivity contribution in [1.82, 2.24) is 20.3 Å².